The number of nitrogens with zero attached hydrogens (tertiary/aromatic N) is 1. The predicted octanol–water partition coefficient (Wildman–Crippen LogP) is 3.34. The van der Waals surface area contributed by atoms with E-state index in [0.29, 0.717) is 6.10 Å². The molecule has 0 saturated carbocycles. The van der Waals surface area contributed by atoms with E-state index in [0.717, 1.165) is 37.1 Å². The lowest BCUT2D eigenvalue weighted by Gasteiger charge is -2.25. The molecule has 1 heterocycles. The second kappa shape index (κ2) is 8.13. The monoisotopic (exact) mass is 340 g/mol. The normalized spacial score (nSPS) is 20.5. The number of rotatable bonds is 7. The first-order valence-corrected chi connectivity index (χ1v) is 8.33. The Morgan fingerprint density at radius 1 is 1.50 bits per heavy atom. The Labute approximate surface area is 130 Å². The van der Waals surface area contributed by atoms with Crippen LogP contribution in [0.5, 0.6) is 0 Å². The maximum absolute atomic E-state index is 6.30. The number of likely N-dealkylation sites (N-methyl/N-ethyl adjacent to an activating group) is 1. The SMILES string of the molecule is CCN(CCC(N)c1cccc(Br)c1)CC1CCCO1. The van der Waals surface area contributed by atoms with Crippen molar-refractivity contribution in [3.05, 3.63) is 34.3 Å². The highest BCUT2D eigenvalue weighted by atomic mass is 79.9. The third-order valence-corrected chi connectivity index (χ3v) is 4.46. The molecule has 20 heavy (non-hydrogen) atoms. The summed E-state index contributed by atoms with van der Waals surface area (Å²) in [6, 6.07) is 8.40. The summed E-state index contributed by atoms with van der Waals surface area (Å²) in [4.78, 5) is 2.45. The van der Waals surface area contributed by atoms with Gasteiger partial charge in [0.25, 0.3) is 0 Å². The zero-order chi connectivity index (χ0) is 14.4. The zero-order valence-electron chi connectivity index (χ0n) is 12.2. The van der Waals surface area contributed by atoms with Crippen molar-refractivity contribution in [2.75, 3.05) is 26.2 Å². The lowest BCUT2D eigenvalue weighted by Crippen LogP contribution is -2.34. The minimum Gasteiger partial charge on any atom is -0.377 e. The van der Waals surface area contributed by atoms with Crippen molar-refractivity contribution in [3.8, 4) is 0 Å². The minimum absolute atomic E-state index is 0.103. The number of benzene rings is 1. The first-order chi connectivity index (χ1) is 9.69. The first-order valence-electron chi connectivity index (χ1n) is 7.54. The van der Waals surface area contributed by atoms with Crippen molar-refractivity contribution >= 4 is 15.9 Å². The largest absolute Gasteiger partial charge is 0.377 e. The van der Waals surface area contributed by atoms with Gasteiger partial charge in [0.05, 0.1) is 6.10 Å². The Kier molecular flexibility index (Phi) is 6.49. The number of ether oxygens (including phenoxy) is 1. The third-order valence-electron chi connectivity index (χ3n) is 3.97. The highest BCUT2D eigenvalue weighted by molar-refractivity contribution is 9.10. The second-order valence-corrected chi connectivity index (χ2v) is 6.39. The van der Waals surface area contributed by atoms with Gasteiger partial charge in [0, 0.05) is 30.2 Å². The van der Waals surface area contributed by atoms with Crippen LogP contribution >= 0.6 is 15.9 Å². The fourth-order valence-electron chi connectivity index (χ4n) is 2.68. The van der Waals surface area contributed by atoms with Crippen molar-refractivity contribution in [1.29, 1.82) is 0 Å². The molecule has 1 saturated heterocycles. The third kappa shape index (κ3) is 4.85. The van der Waals surface area contributed by atoms with Gasteiger partial charge in [-0.05, 0) is 43.5 Å². The Balaban J connectivity index is 1.79. The molecule has 2 N–H and O–H groups in total. The fraction of sp³-hybridized carbons (Fsp3) is 0.625. The highest BCUT2D eigenvalue weighted by Crippen LogP contribution is 2.20. The summed E-state index contributed by atoms with van der Waals surface area (Å²) in [5.41, 5.74) is 7.50. The summed E-state index contributed by atoms with van der Waals surface area (Å²) in [5.74, 6) is 0. The molecule has 0 bridgehead atoms. The standard InChI is InChI=1S/C16H25BrN2O/c1-2-19(12-15-7-4-10-20-15)9-8-16(18)13-5-3-6-14(17)11-13/h3,5-6,11,15-16H,2,4,7-10,12,18H2,1H3. The fourth-order valence-corrected chi connectivity index (χ4v) is 3.10. The zero-order valence-corrected chi connectivity index (χ0v) is 13.8. The van der Waals surface area contributed by atoms with Crippen LogP contribution in [0.1, 0.15) is 37.8 Å². The molecular weight excluding hydrogens is 316 g/mol. The van der Waals surface area contributed by atoms with Crippen LogP contribution in [0, 0.1) is 0 Å². The van der Waals surface area contributed by atoms with Crippen LogP contribution in [0.2, 0.25) is 0 Å². The van der Waals surface area contributed by atoms with Gasteiger partial charge in [-0.3, -0.25) is 0 Å². The molecule has 4 heteroatoms. The lowest BCUT2D eigenvalue weighted by molar-refractivity contribution is 0.0738. The lowest BCUT2D eigenvalue weighted by atomic mass is 10.0. The second-order valence-electron chi connectivity index (χ2n) is 5.48. The van der Waals surface area contributed by atoms with Gasteiger partial charge < -0.3 is 15.4 Å². The van der Waals surface area contributed by atoms with Gasteiger partial charge >= 0.3 is 0 Å². The summed E-state index contributed by atoms with van der Waals surface area (Å²) in [5, 5.41) is 0. The predicted molar refractivity (Wildman–Crippen MR) is 86.8 cm³/mol. The van der Waals surface area contributed by atoms with Gasteiger partial charge in [-0.25, -0.2) is 0 Å². The molecule has 1 aromatic carbocycles. The maximum atomic E-state index is 6.30. The Hall–Kier alpha value is -0.420. The van der Waals surface area contributed by atoms with Crippen molar-refractivity contribution in [3.63, 3.8) is 0 Å². The summed E-state index contributed by atoms with van der Waals surface area (Å²) >= 11 is 3.50. The molecule has 2 atom stereocenters. The number of nitrogens with two attached hydrogens (primary N) is 1. The Morgan fingerprint density at radius 2 is 2.35 bits per heavy atom. The molecular formula is C16H25BrN2O. The van der Waals surface area contributed by atoms with E-state index in [-0.39, 0.29) is 6.04 Å². The molecule has 0 amide bonds. The Bertz CT molecular complexity index is 407. The van der Waals surface area contributed by atoms with Gasteiger partial charge in [-0.1, -0.05) is 35.0 Å². The van der Waals surface area contributed by atoms with Gasteiger partial charge in [-0.2, -0.15) is 0 Å². The van der Waals surface area contributed by atoms with Crippen LogP contribution < -0.4 is 5.73 Å². The van der Waals surface area contributed by atoms with Crippen molar-refractivity contribution in [2.45, 2.75) is 38.3 Å². The summed E-state index contributed by atoms with van der Waals surface area (Å²) in [7, 11) is 0. The molecule has 0 aromatic heterocycles. The van der Waals surface area contributed by atoms with Crippen LogP contribution in [0.25, 0.3) is 0 Å². The molecule has 3 nitrogen and oxygen atoms in total. The first kappa shape index (κ1) is 16.0. The maximum Gasteiger partial charge on any atom is 0.0702 e. The molecule has 0 aliphatic carbocycles. The van der Waals surface area contributed by atoms with Gasteiger partial charge in [0.1, 0.15) is 0 Å². The van der Waals surface area contributed by atoms with Crippen LogP contribution in [-0.4, -0.2) is 37.2 Å². The van der Waals surface area contributed by atoms with E-state index in [1.807, 2.05) is 12.1 Å². The minimum atomic E-state index is 0.103. The van der Waals surface area contributed by atoms with Crippen LogP contribution in [0.3, 0.4) is 0 Å². The van der Waals surface area contributed by atoms with E-state index >= 15 is 0 Å². The van der Waals surface area contributed by atoms with Gasteiger partial charge in [0.15, 0.2) is 0 Å². The van der Waals surface area contributed by atoms with Crippen LogP contribution in [0.4, 0.5) is 0 Å². The van der Waals surface area contributed by atoms with E-state index in [1.165, 1.54) is 18.4 Å². The van der Waals surface area contributed by atoms with E-state index in [4.69, 9.17) is 10.5 Å². The number of hydrogen-bond acceptors (Lipinski definition) is 3. The molecule has 2 unspecified atom stereocenters. The van der Waals surface area contributed by atoms with E-state index < -0.39 is 0 Å². The quantitative estimate of drug-likeness (QED) is 0.827. The van der Waals surface area contributed by atoms with E-state index in [9.17, 15) is 0 Å². The number of halogens is 1. The molecule has 1 aliphatic rings. The highest BCUT2D eigenvalue weighted by Gasteiger charge is 2.18. The van der Waals surface area contributed by atoms with Gasteiger partial charge in [-0.15, -0.1) is 0 Å². The van der Waals surface area contributed by atoms with Crippen molar-refractivity contribution in [2.24, 2.45) is 5.73 Å². The topological polar surface area (TPSA) is 38.5 Å². The van der Waals surface area contributed by atoms with Crippen LogP contribution in [0.15, 0.2) is 28.7 Å². The molecule has 0 spiro atoms. The van der Waals surface area contributed by atoms with Crippen molar-refractivity contribution < 1.29 is 4.74 Å². The van der Waals surface area contributed by atoms with Crippen LogP contribution in [-0.2, 0) is 4.74 Å². The summed E-state index contributed by atoms with van der Waals surface area (Å²) in [6.07, 6.45) is 3.82. The molecule has 1 fully saturated rings. The molecule has 0 radical (unpaired) electrons. The smallest absolute Gasteiger partial charge is 0.0702 e. The Morgan fingerprint density at radius 3 is 3.00 bits per heavy atom. The van der Waals surface area contributed by atoms with Crippen molar-refractivity contribution in [1.82, 2.24) is 4.90 Å². The summed E-state index contributed by atoms with van der Waals surface area (Å²) in [6.45, 7) is 6.27. The average molecular weight is 341 g/mol. The molecule has 1 aromatic rings. The molecule has 2 rings (SSSR count). The van der Waals surface area contributed by atoms with Gasteiger partial charge in [0.2, 0.25) is 0 Å². The number of hydrogen-bond donors (Lipinski definition) is 1. The van der Waals surface area contributed by atoms with E-state index in [2.05, 4.69) is 39.9 Å². The molecule has 112 valence electrons. The summed E-state index contributed by atoms with van der Waals surface area (Å²) < 4.78 is 6.81. The average Bonchev–Trinajstić information content (AvgIpc) is 2.96. The van der Waals surface area contributed by atoms with E-state index in [1.54, 1.807) is 0 Å². The molecule has 1 aliphatic heterocycles.